The monoisotopic (exact) mass is 357 g/mol. The van der Waals surface area contributed by atoms with Gasteiger partial charge in [0, 0.05) is 11.0 Å². The van der Waals surface area contributed by atoms with Gasteiger partial charge in [-0.25, -0.2) is 8.78 Å². The number of rotatable bonds is 5. The topological polar surface area (TPSA) is 29.1 Å². The highest BCUT2D eigenvalue weighted by atomic mass is 32.2. The Kier molecular flexibility index (Phi) is 5.34. The van der Waals surface area contributed by atoms with Crippen molar-refractivity contribution in [2.45, 2.75) is 17.9 Å². The zero-order valence-corrected chi connectivity index (χ0v) is 14.4. The van der Waals surface area contributed by atoms with Crippen LogP contribution in [0.4, 0.5) is 8.78 Å². The summed E-state index contributed by atoms with van der Waals surface area (Å²) in [7, 11) is 0. The number of thioether (sulfide) groups is 1. The van der Waals surface area contributed by atoms with Crippen LogP contribution in [0.3, 0.4) is 0 Å². The molecule has 2 nitrogen and oxygen atoms in total. The van der Waals surface area contributed by atoms with Crippen molar-refractivity contribution in [3.05, 3.63) is 77.9 Å². The molecule has 0 aliphatic rings. The summed E-state index contributed by atoms with van der Waals surface area (Å²) in [6.07, 6.45) is 0. The first-order valence-electron chi connectivity index (χ1n) is 7.89. The lowest BCUT2D eigenvalue weighted by molar-refractivity contribution is -0.119. The molecule has 0 fully saturated rings. The number of benzene rings is 3. The molecule has 128 valence electrons. The van der Waals surface area contributed by atoms with Gasteiger partial charge in [0.05, 0.1) is 11.8 Å². The van der Waals surface area contributed by atoms with Crippen LogP contribution in [0.1, 0.15) is 18.5 Å². The summed E-state index contributed by atoms with van der Waals surface area (Å²) < 4.78 is 26.5. The van der Waals surface area contributed by atoms with Gasteiger partial charge in [-0.2, -0.15) is 0 Å². The molecule has 1 unspecified atom stereocenters. The van der Waals surface area contributed by atoms with E-state index >= 15 is 0 Å². The Bertz CT molecular complexity index is 908. The van der Waals surface area contributed by atoms with E-state index in [9.17, 15) is 13.6 Å². The van der Waals surface area contributed by atoms with Crippen molar-refractivity contribution < 1.29 is 13.6 Å². The molecule has 3 aromatic carbocycles. The Hall–Kier alpha value is -2.40. The molecule has 1 N–H and O–H groups in total. The Morgan fingerprint density at radius 1 is 1.08 bits per heavy atom. The molecular weight excluding hydrogens is 340 g/mol. The van der Waals surface area contributed by atoms with Crippen LogP contribution >= 0.6 is 11.8 Å². The van der Waals surface area contributed by atoms with Crippen molar-refractivity contribution >= 4 is 28.4 Å². The minimum Gasteiger partial charge on any atom is -0.349 e. The summed E-state index contributed by atoms with van der Waals surface area (Å²) in [4.78, 5) is 12.4. The number of halogens is 2. The van der Waals surface area contributed by atoms with Gasteiger partial charge in [0.25, 0.3) is 0 Å². The van der Waals surface area contributed by atoms with Crippen LogP contribution in [0, 0.1) is 11.6 Å². The van der Waals surface area contributed by atoms with E-state index in [0.29, 0.717) is 0 Å². The highest BCUT2D eigenvalue weighted by molar-refractivity contribution is 8.00. The third-order valence-electron chi connectivity index (χ3n) is 3.92. The summed E-state index contributed by atoms with van der Waals surface area (Å²) in [5.41, 5.74) is 1.03. The van der Waals surface area contributed by atoms with Crippen molar-refractivity contribution in [2.24, 2.45) is 0 Å². The standard InChI is InChI=1S/C20H17F2NOS/c1-13(16-8-4-6-14-5-2-3-7-17(14)16)23-20(24)12-25-19-10-9-15(21)11-18(19)22/h2-11,13H,12H2,1H3,(H,23,24). The minimum atomic E-state index is -0.653. The van der Waals surface area contributed by atoms with E-state index in [1.807, 2.05) is 49.4 Å². The molecule has 1 amide bonds. The first-order chi connectivity index (χ1) is 12.0. The Balaban J connectivity index is 1.66. The maximum Gasteiger partial charge on any atom is 0.230 e. The van der Waals surface area contributed by atoms with E-state index < -0.39 is 11.6 Å². The van der Waals surface area contributed by atoms with Crippen LogP contribution in [0.15, 0.2) is 65.6 Å². The fourth-order valence-corrected chi connectivity index (χ4v) is 3.46. The Labute approximate surface area is 149 Å². The smallest absolute Gasteiger partial charge is 0.230 e. The predicted octanol–water partition coefficient (Wildman–Crippen LogP) is 5.09. The molecule has 0 saturated carbocycles. The lowest BCUT2D eigenvalue weighted by Gasteiger charge is -2.16. The van der Waals surface area contributed by atoms with Gasteiger partial charge in [-0.15, -0.1) is 11.8 Å². The second-order valence-corrected chi connectivity index (χ2v) is 6.74. The predicted molar refractivity (Wildman–Crippen MR) is 97.6 cm³/mol. The molecule has 0 aromatic heterocycles. The number of fused-ring (bicyclic) bond motifs is 1. The fourth-order valence-electron chi connectivity index (χ4n) is 2.72. The number of carbonyl (C=O) groups is 1. The van der Waals surface area contributed by atoms with Crippen LogP contribution < -0.4 is 5.32 Å². The summed E-state index contributed by atoms with van der Waals surface area (Å²) in [6, 6.07) is 17.1. The SMILES string of the molecule is CC(NC(=O)CSc1ccc(F)cc1F)c1cccc2ccccc12. The zero-order valence-electron chi connectivity index (χ0n) is 13.6. The summed E-state index contributed by atoms with van der Waals surface area (Å²) >= 11 is 1.05. The molecule has 0 saturated heterocycles. The fraction of sp³-hybridized carbons (Fsp3) is 0.150. The number of hydrogen-bond acceptors (Lipinski definition) is 2. The third kappa shape index (κ3) is 4.17. The van der Waals surface area contributed by atoms with Gasteiger partial charge in [-0.1, -0.05) is 42.5 Å². The normalized spacial score (nSPS) is 12.1. The van der Waals surface area contributed by atoms with Crippen molar-refractivity contribution in [1.82, 2.24) is 5.32 Å². The zero-order chi connectivity index (χ0) is 17.8. The van der Waals surface area contributed by atoms with Crippen LogP contribution in [0.25, 0.3) is 10.8 Å². The van der Waals surface area contributed by atoms with E-state index in [-0.39, 0.29) is 22.6 Å². The van der Waals surface area contributed by atoms with Gasteiger partial charge in [-0.05, 0) is 35.4 Å². The van der Waals surface area contributed by atoms with E-state index in [1.165, 1.54) is 12.1 Å². The van der Waals surface area contributed by atoms with Crippen LogP contribution in [0.2, 0.25) is 0 Å². The van der Waals surface area contributed by atoms with Gasteiger partial charge in [-0.3, -0.25) is 4.79 Å². The minimum absolute atomic E-state index is 0.0671. The Morgan fingerprint density at radius 2 is 1.84 bits per heavy atom. The second-order valence-electron chi connectivity index (χ2n) is 5.72. The van der Waals surface area contributed by atoms with Gasteiger partial charge in [0.2, 0.25) is 5.91 Å². The molecule has 0 radical (unpaired) electrons. The third-order valence-corrected chi connectivity index (χ3v) is 4.97. The molecule has 0 bridgehead atoms. The molecule has 0 aliphatic heterocycles. The van der Waals surface area contributed by atoms with Gasteiger partial charge < -0.3 is 5.32 Å². The van der Waals surface area contributed by atoms with Gasteiger partial charge in [0.15, 0.2) is 0 Å². The van der Waals surface area contributed by atoms with Crippen LogP contribution in [0.5, 0.6) is 0 Å². The number of nitrogens with one attached hydrogen (secondary N) is 1. The van der Waals surface area contributed by atoms with E-state index in [4.69, 9.17) is 0 Å². The molecule has 3 aromatic rings. The van der Waals surface area contributed by atoms with Gasteiger partial charge in [0.1, 0.15) is 11.6 Å². The summed E-state index contributed by atoms with van der Waals surface area (Å²) in [6.45, 7) is 1.92. The van der Waals surface area contributed by atoms with Crippen molar-refractivity contribution in [3.63, 3.8) is 0 Å². The second kappa shape index (κ2) is 7.66. The summed E-state index contributed by atoms with van der Waals surface area (Å²) in [5, 5.41) is 5.14. The average Bonchev–Trinajstić information content (AvgIpc) is 2.60. The average molecular weight is 357 g/mol. The number of amides is 1. The number of hydrogen-bond donors (Lipinski definition) is 1. The van der Waals surface area contributed by atoms with E-state index in [2.05, 4.69) is 5.32 Å². The lowest BCUT2D eigenvalue weighted by atomic mass is 10.00. The molecule has 25 heavy (non-hydrogen) atoms. The largest absolute Gasteiger partial charge is 0.349 e. The first kappa shape index (κ1) is 17.4. The van der Waals surface area contributed by atoms with Crippen LogP contribution in [-0.2, 0) is 4.79 Å². The molecule has 0 spiro atoms. The van der Waals surface area contributed by atoms with E-state index in [0.717, 1.165) is 34.2 Å². The van der Waals surface area contributed by atoms with Gasteiger partial charge >= 0.3 is 0 Å². The molecule has 1 atom stereocenters. The maximum atomic E-state index is 13.6. The van der Waals surface area contributed by atoms with Crippen LogP contribution in [-0.4, -0.2) is 11.7 Å². The van der Waals surface area contributed by atoms with Crippen molar-refractivity contribution in [1.29, 1.82) is 0 Å². The summed E-state index contributed by atoms with van der Waals surface area (Å²) in [5.74, 6) is -1.41. The molecule has 3 rings (SSSR count). The maximum absolute atomic E-state index is 13.6. The van der Waals surface area contributed by atoms with E-state index in [1.54, 1.807) is 0 Å². The Morgan fingerprint density at radius 3 is 2.64 bits per heavy atom. The molecule has 5 heteroatoms. The molecule has 0 heterocycles. The highest BCUT2D eigenvalue weighted by Gasteiger charge is 2.13. The first-order valence-corrected chi connectivity index (χ1v) is 8.88. The highest BCUT2D eigenvalue weighted by Crippen LogP contribution is 2.25. The number of carbonyl (C=O) groups excluding carboxylic acids is 1. The van der Waals surface area contributed by atoms with Crippen molar-refractivity contribution in [3.8, 4) is 0 Å². The van der Waals surface area contributed by atoms with Crippen molar-refractivity contribution in [2.75, 3.05) is 5.75 Å². The molecule has 0 aliphatic carbocycles. The lowest BCUT2D eigenvalue weighted by Crippen LogP contribution is -2.28. The quantitative estimate of drug-likeness (QED) is 0.645. The molecular formula is C20H17F2NOS.